The van der Waals surface area contributed by atoms with Gasteiger partial charge in [0.1, 0.15) is 18.3 Å². The van der Waals surface area contributed by atoms with E-state index in [1.54, 1.807) is 0 Å². The van der Waals surface area contributed by atoms with E-state index in [0.29, 0.717) is 6.42 Å². The number of unbranched alkanes of at least 4 members (excludes halogenated alkanes) is 15. The average Bonchev–Trinajstić information content (AvgIpc) is 2.76. The smallest absolute Gasteiger partial charge is 0.252 e. The van der Waals surface area contributed by atoms with E-state index in [9.17, 15) is 25.2 Å². The highest BCUT2D eigenvalue weighted by Crippen LogP contribution is 2.24. The maximum absolute atomic E-state index is 11.6. The van der Waals surface area contributed by atoms with Crippen molar-refractivity contribution in [3.8, 4) is 0 Å². The molecule has 0 rings (SSSR count). The van der Waals surface area contributed by atoms with Crippen molar-refractivity contribution in [1.29, 1.82) is 0 Å². The summed E-state index contributed by atoms with van der Waals surface area (Å²) in [6.45, 7) is 1.45. The number of carbonyl (C=O) groups is 1. The van der Waals surface area contributed by atoms with Crippen LogP contribution in [0.1, 0.15) is 116 Å². The summed E-state index contributed by atoms with van der Waals surface area (Å²) in [6.07, 6.45) is 13.6. The molecule has 7 nitrogen and oxygen atoms in total. The molecule has 1 amide bonds. The number of primary amides is 1. The standard InChI is InChI=1S/C24H49NO6/c1-2-3-4-5-6-7-8-9-10-11-12-13-14-15-16-17-18-24(31,23(25)30)22(29)21(28)20(27)19-26/h20-22,26-29,31H,2-19H2,1H3,(H2,25,30)/t20-,21-,22+,24-/m1/s1. The molecule has 0 aromatic rings. The van der Waals surface area contributed by atoms with Gasteiger partial charge in [0.15, 0.2) is 5.60 Å². The molecule has 0 aromatic heterocycles. The Balaban J connectivity index is 3.76. The van der Waals surface area contributed by atoms with E-state index in [-0.39, 0.29) is 6.42 Å². The van der Waals surface area contributed by atoms with E-state index < -0.39 is 36.4 Å². The zero-order chi connectivity index (χ0) is 23.5. The van der Waals surface area contributed by atoms with Gasteiger partial charge in [0.25, 0.3) is 5.91 Å². The van der Waals surface area contributed by atoms with E-state index in [2.05, 4.69) is 6.92 Å². The number of rotatable bonds is 22. The summed E-state index contributed by atoms with van der Waals surface area (Å²) in [5, 5.41) is 48.5. The molecule has 186 valence electrons. The van der Waals surface area contributed by atoms with Crippen LogP contribution in [-0.4, -0.2) is 62.0 Å². The van der Waals surface area contributed by atoms with Gasteiger partial charge < -0.3 is 31.3 Å². The topological polar surface area (TPSA) is 144 Å². The fraction of sp³-hybridized carbons (Fsp3) is 0.958. The van der Waals surface area contributed by atoms with Crippen molar-refractivity contribution in [1.82, 2.24) is 0 Å². The summed E-state index contributed by atoms with van der Waals surface area (Å²) >= 11 is 0. The first-order valence-electron chi connectivity index (χ1n) is 12.5. The van der Waals surface area contributed by atoms with Crippen molar-refractivity contribution >= 4 is 5.91 Å². The van der Waals surface area contributed by atoms with E-state index in [0.717, 1.165) is 19.3 Å². The fourth-order valence-electron chi connectivity index (χ4n) is 3.96. The molecule has 0 aliphatic rings. The Kier molecular flexibility index (Phi) is 18.4. The first-order valence-corrected chi connectivity index (χ1v) is 12.5. The molecule has 0 heterocycles. The normalized spacial score (nSPS) is 16.6. The SMILES string of the molecule is CCCCCCCCCCCCCCCCCC[C@](O)(C(N)=O)[C@@H](O)[C@H](O)[C@H](O)CO. The van der Waals surface area contributed by atoms with Crippen LogP contribution >= 0.6 is 0 Å². The third-order valence-corrected chi connectivity index (χ3v) is 6.23. The molecule has 0 unspecified atom stereocenters. The highest BCUT2D eigenvalue weighted by Gasteiger charge is 2.46. The van der Waals surface area contributed by atoms with Crippen molar-refractivity contribution in [3.05, 3.63) is 0 Å². The van der Waals surface area contributed by atoms with Crippen LogP contribution < -0.4 is 5.73 Å². The van der Waals surface area contributed by atoms with Crippen LogP contribution in [-0.2, 0) is 4.79 Å². The summed E-state index contributed by atoms with van der Waals surface area (Å²) in [5.74, 6) is -1.15. The number of nitrogens with two attached hydrogens (primary N) is 1. The Morgan fingerprint density at radius 2 is 1.10 bits per heavy atom. The van der Waals surface area contributed by atoms with Gasteiger partial charge >= 0.3 is 0 Å². The number of amides is 1. The molecule has 0 aromatic carbocycles. The molecule has 4 atom stereocenters. The average molecular weight is 448 g/mol. The van der Waals surface area contributed by atoms with Gasteiger partial charge in [-0.3, -0.25) is 4.79 Å². The summed E-state index contributed by atoms with van der Waals surface area (Å²) in [6, 6.07) is 0. The fourth-order valence-corrected chi connectivity index (χ4v) is 3.96. The van der Waals surface area contributed by atoms with Crippen LogP contribution in [0.2, 0.25) is 0 Å². The molecule has 0 radical (unpaired) electrons. The van der Waals surface area contributed by atoms with Crippen LogP contribution in [0.3, 0.4) is 0 Å². The van der Waals surface area contributed by atoms with Crippen molar-refractivity contribution in [2.75, 3.05) is 6.61 Å². The summed E-state index contributed by atoms with van der Waals surface area (Å²) in [7, 11) is 0. The minimum absolute atomic E-state index is 0.100. The van der Waals surface area contributed by atoms with Crippen LogP contribution in [0.25, 0.3) is 0 Å². The molecule has 0 aliphatic carbocycles. The zero-order valence-corrected chi connectivity index (χ0v) is 19.7. The maximum Gasteiger partial charge on any atom is 0.252 e. The Bertz CT molecular complexity index is 436. The van der Waals surface area contributed by atoms with Crippen LogP contribution in [0.4, 0.5) is 0 Å². The van der Waals surface area contributed by atoms with Crippen LogP contribution in [0.15, 0.2) is 0 Å². The highest BCUT2D eigenvalue weighted by atomic mass is 16.4. The van der Waals surface area contributed by atoms with Gasteiger partial charge in [0.2, 0.25) is 0 Å². The van der Waals surface area contributed by atoms with Gasteiger partial charge in [0, 0.05) is 0 Å². The largest absolute Gasteiger partial charge is 0.394 e. The molecule has 0 bridgehead atoms. The highest BCUT2D eigenvalue weighted by molar-refractivity contribution is 5.84. The molecule has 31 heavy (non-hydrogen) atoms. The molecule has 7 N–H and O–H groups in total. The minimum Gasteiger partial charge on any atom is -0.394 e. The lowest BCUT2D eigenvalue weighted by Crippen LogP contribution is -2.60. The second-order valence-electron chi connectivity index (χ2n) is 9.03. The third-order valence-electron chi connectivity index (χ3n) is 6.23. The van der Waals surface area contributed by atoms with Crippen LogP contribution in [0, 0.1) is 0 Å². The van der Waals surface area contributed by atoms with Crippen molar-refractivity contribution in [2.24, 2.45) is 5.73 Å². The van der Waals surface area contributed by atoms with Crippen LogP contribution in [0.5, 0.6) is 0 Å². The number of hydrogen-bond acceptors (Lipinski definition) is 6. The number of aliphatic hydroxyl groups excluding tert-OH is 4. The summed E-state index contributed by atoms with van der Waals surface area (Å²) in [5.41, 5.74) is 2.89. The zero-order valence-electron chi connectivity index (χ0n) is 19.7. The monoisotopic (exact) mass is 447 g/mol. The van der Waals surface area contributed by atoms with E-state index >= 15 is 0 Å². The van der Waals surface area contributed by atoms with Gasteiger partial charge in [-0.15, -0.1) is 0 Å². The Morgan fingerprint density at radius 3 is 1.42 bits per heavy atom. The number of aliphatic hydroxyl groups is 5. The molecule has 7 heteroatoms. The summed E-state index contributed by atoms with van der Waals surface area (Å²) in [4.78, 5) is 11.6. The number of carbonyl (C=O) groups excluding carboxylic acids is 1. The first kappa shape index (κ1) is 30.3. The second kappa shape index (κ2) is 18.8. The Hall–Kier alpha value is -0.730. The molecular weight excluding hydrogens is 398 g/mol. The van der Waals surface area contributed by atoms with Gasteiger partial charge in [-0.05, 0) is 12.8 Å². The second-order valence-corrected chi connectivity index (χ2v) is 9.03. The van der Waals surface area contributed by atoms with Gasteiger partial charge in [-0.25, -0.2) is 0 Å². The lowest BCUT2D eigenvalue weighted by molar-refractivity contribution is -0.175. The third kappa shape index (κ3) is 13.4. The number of hydrogen-bond donors (Lipinski definition) is 6. The van der Waals surface area contributed by atoms with E-state index in [4.69, 9.17) is 10.8 Å². The lowest BCUT2D eigenvalue weighted by Gasteiger charge is -2.34. The molecule has 0 spiro atoms. The first-order chi connectivity index (χ1) is 14.8. The minimum atomic E-state index is -2.33. The maximum atomic E-state index is 11.6. The Morgan fingerprint density at radius 1 is 0.742 bits per heavy atom. The van der Waals surface area contributed by atoms with Crippen molar-refractivity contribution in [2.45, 2.75) is 140 Å². The molecule has 0 fully saturated rings. The quantitative estimate of drug-likeness (QED) is 0.141. The molecule has 0 aliphatic heterocycles. The van der Waals surface area contributed by atoms with Gasteiger partial charge in [0.05, 0.1) is 6.61 Å². The van der Waals surface area contributed by atoms with Crippen molar-refractivity contribution in [3.63, 3.8) is 0 Å². The van der Waals surface area contributed by atoms with Gasteiger partial charge in [-0.2, -0.15) is 0 Å². The Labute approximate surface area is 189 Å². The lowest BCUT2D eigenvalue weighted by atomic mass is 9.85. The molecule has 0 saturated carbocycles. The molecule has 0 saturated heterocycles. The van der Waals surface area contributed by atoms with E-state index in [1.807, 2.05) is 0 Å². The van der Waals surface area contributed by atoms with E-state index in [1.165, 1.54) is 77.0 Å². The molecular formula is C24H49NO6. The van der Waals surface area contributed by atoms with Gasteiger partial charge in [-0.1, -0.05) is 103 Å². The predicted molar refractivity (Wildman–Crippen MR) is 123 cm³/mol. The summed E-state index contributed by atoms with van der Waals surface area (Å²) < 4.78 is 0. The predicted octanol–water partition coefficient (Wildman–Crippen LogP) is 2.93. The van der Waals surface area contributed by atoms with Crippen molar-refractivity contribution < 1.29 is 30.3 Å².